The maximum atomic E-state index is 12.3. The van der Waals surface area contributed by atoms with Gasteiger partial charge in [-0.2, -0.15) is 0 Å². The van der Waals surface area contributed by atoms with Crippen molar-refractivity contribution in [2.24, 2.45) is 0 Å². The van der Waals surface area contributed by atoms with Crippen LogP contribution in [0.5, 0.6) is 0 Å². The van der Waals surface area contributed by atoms with Crippen molar-refractivity contribution in [3.05, 3.63) is 53.3 Å². The number of nitrogens with zero attached hydrogens (tertiary/aromatic N) is 1. The fourth-order valence-electron chi connectivity index (χ4n) is 1.98. The number of hydrogen-bond acceptors (Lipinski definition) is 3. The maximum absolute atomic E-state index is 12.3. The van der Waals surface area contributed by atoms with E-state index < -0.39 is 10.8 Å². The average Bonchev–Trinajstić information content (AvgIpc) is 2.27. The number of hydrogen-bond donors (Lipinski definition) is 1. The lowest BCUT2D eigenvalue weighted by molar-refractivity contribution is 0.683. The Hall–Kier alpha value is -1.68. The molecule has 1 aromatic carbocycles. The highest BCUT2D eigenvalue weighted by molar-refractivity contribution is 7.84. The summed E-state index contributed by atoms with van der Waals surface area (Å²) in [5.41, 5.74) is 9.71. The summed E-state index contributed by atoms with van der Waals surface area (Å²) in [6.45, 7) is 4.08. The fourth-order valence-corrected chi connectivity index (χ4v) is 3.14. The Morgan fingerprint density at radius 2 is 1.89 bits per heavy atom. The van der Waals surface area contributed by atoms with Crippen molar-refractivity contribution < 1.29 is 4.21 Å². The molecule has 0 amide bonds. The number of benzene rings is 1. The maximum Gasteiger partial charge on any atom is 0.0664 e. The second kappa shape index (κ2) is 5.31. The second-order valence-corrected chi connectivity index (χ2v) is 5.82. The highest BCUT2D eigenvalue weighted by atomic mass is 32.2. The molecule has 0 radical (unpaired) electrons. The highest BCUT2D eigenvalue weighted by Gasteiger charge is 2.09. The number of nitrogens with two attached hydrogens (primary N) is 1. The number of anilines is 1. The Bertz CT molecular complexity index is 576. The molecular weight excluding hydrogens is 244 g/mol. The molecule has 0 spiro atoms. The van der Waals surface area contributed by atoms with Gasteiger partial charge in [-0.15, -0.1) is 0 Å². The standard InChI is InChI=1S/C14H16N2OS/c1-10-5-11(2)7-12(6-10)9-18(17)14-3-4-16-8-13(14)15/h3-8H,9,15H2,1-2H3. The van der Waals surface area contributed by atoms with E-state index in [9.17, 15) is 4.21 Å². The van der Waals surface area contributed by atoms with Gasteiger partial charge in [0, 0.05) is 6.20 Å². The molecule has 1 aromatic heterocycles. The van der Waals surface area contributed by atoms with Crippen LogP contribution in [0.25, 0.3) is 0 Å². The van der Waals surface area contributed by atoms with E-state index in [0.717, 1.165) is 5.56 Å². The number of nitrogen functional groups attached to an aromatic ring is 1. The van der Waals surface area contributed by atoms with Gasteiger partial charge in [-0.25, -0.2) is 0 Å². The van der Waals surface area contributed by atoms with Crippen LogP contribution in [-0.4, -0.2) is 9.19 Å². The van der Waals surface area contributed by atoms with Crippen LogP contribution in [0, 0.1) is 13.8 Å². The van der Waals surface area contributed by atoms with Crippen molar-refractivity contribution in [3.8, 4) is 0 Å². The third-order valence-electron chi connectivity index (χ3n) is 2.63. The SMILES string of the molecule is Cc1cc(C)cc(CS(=O)c2ccncc2N)c1. The van der Waals surface area contributed by atoms with Gasteiger partial charge in [0.2, 0.25) is 0 Å². The third kappa shape index (κ3) is 2.96. The van der Waals surface area contributed by atoms with Crippen molar-refractivity contribution in [2.45, 2.75) is 24.5 Å². The van der Waals surface area contributed by atoms with Crippen molar-refractivity contribution in [1.29, 1.82) is 0 Å². The van der Waals surface area contributed by atoms with Gasteiger partial charge >= 0.3 is 0 Å². The molecule has 2 N–H and O–H groups in total. The lowest BCUT2D eigenvalue weighted by atomic mass is 10.1. The summed E-state index contributed by atoms with van der Waals surface area (Å²) in [6, 6.07) is 7.94. The minimum absolute atomic E-state index is 0.483. The topological polar surface area (TPSA) is 56.0 Å². The van der Waals surface area contributed by atoms with Crippen LogP contribution in [0.2, 0.25) is 0 Å². The number of aryl methyl sites for hydroxylation is 2. The quantitative estimate of drug-likeness (QED) is 0.922. The van der Waals surface area contributed by atoms with E-state index in [2.05, 4.69) is 23.2 Å². The summed E-state index contributed by atoms with van der Waals surface area (Å²) < 4.78 is 12.3. The molecule has 0 saturated carbocycles. The van der Waals surface area contributed by atoms with Crippen molar-refractivity contribution in [2.75, 3.05) is 5.73 Å². The molecule has 1 unspecified atom stereocenters. The fraction of sp³-hybridized carbons (Fsp3) is 0.214. The van der Waals surface area contributed by atoms with E-state index in [1.54, 1.807) is 12.3 Å². The van der Waals surface area contributed by atoms with Crippen molar-refractivity contribution >= 4 is 16.5 Å². The molecule has 1 atom stereocenters. The van der Waals surface area contributed by atoms with Crippen LogP contribution < -0.4 is 5.73 Å². The molecule has 1 heterocycles. The van der Waals surface area contributed by atoms with Crippen LogP contribution >= 0.6 is 0 Å². The van der Waals surface area contributed by atoms with Gasteiger partial charge in [0.1, 0.15) is 0 Å². The first-order chi connectivity index (χ1) is 8.56. The zero-order valence-electron chi connectivity index (χ0n) is 10.5. The van der Waals surface area contributed by atoms with Gasteiger partial charge in [0.15, 0.2) is 0 Å². The zero-order valence-corrected chi connectivity index (χ0v) is 11.3. The molecule has 2 rings (SSSR count). The molecule has 2 aromatic rings. The minimum atomic E-state index is -1.13. The lowest BCUT2D eigenvalue weighted by Crippen LogP contribution is -2.01. The molecule has 3 nitrogen and oxygen atoms in total. The summed E-state index contributed by atoms with van der Waals surface area (Å²) >= 11 is 0. The van der Waals surface area contributed by atoms with Crippen molar-refractivity contribution in [1.82, 2.24) is 4.98 Å². The van der Waals surface area contributed by atoms with Gasteiger partial charge in [-0.3, -0.25) is 9.19 Å². The molecule has 0 aliphatic carbocycles. The Morgan fingerprint density at radius 1 is 1.22 bits per heavy atom. The predicted molar refractivity (Wildman–Crippen MR) is 74.7 cm³/mol. The van der Waals surface area contributed by atoms with E-state index in [1.807, 2.05) is 13.8 Å². The first-order valence-electron chi connectivity index (χ1n) is 5.71. The lowest BCUT2D eigenvalue weighted by Gasteiger charge is -2.07. The van der Waals surface area contributed by atoms with Crippen LogP contribution in [0.1, 0.15) is 16.7 Å². The van der Waals surface area contributed by atoms with E-state index in [4.69, 9.17) is 5.73 Å². The smallest absolute Gasteiger partial charge is 0.0664 e. The first kappa shape index (κ1) is 12.8. The third-order valence-corrected chi connectivity index (χ3v) is 4.09. The molecule has 0 bridgehead atoms. The first-order valence-corrected chi connectivity index (χ1v) is 7.03. The van der Waals surface area contributed by atoms with Crippen LogP contribution in [0.4, 0.5) is 5.69 Å². The van der Waals surface area contributed by atoms with Gasteiger partial charge < -0.3 is 5.73 Å². The molecule has 0 saturated heterocycles. The van der Waals surface area contributed by atoms with Crippen LogP contribution in [0.3, 0.4) is 0 Å². The Balaban J connectivity index is 2.24. The van der Waals surface area contributed by atoms with Crippen LogP contribution in [0.15, 0.2) is 41.6 Å². The number of rotatable bonds is 3. The Morgan fingerprint density at radius 3 is 2.50 bits per heavy atom. The van der Waals surface area contributed by atoms with Gasteiger partial charge in [0.05, 0.1) is 33.3 Å². The monoisotopic (exact) mass is 260 g/mol. The van der Waals surface area contributed by atoms with Gasteiger partial charge in [-0.05, 0) is 25.5 Å². The Kier molecular flexibility index (Phi) is 3.77. The number of aromatic nitrogens is 1. The minimum Gasteiger partial charge on any atom is -0.396 e. The molecule has 18 heavy (non-hydrogen) atoms. The van der Waals surface area contributed by atoms with E-state index in [-0.39, 0.29) is 0 Å². The number of pyridine rings is 1. The predicted octanol–water partition coefficient (Wildman–Crippen LogP) is 2.59. The molecule has 4 heteroatoms. The average molecular weight is 260 g/mol. The van der Waals surface area contributed by atoms with E-state index >= 15 is 0 Å². The second-order valence-electron chi connectivity index (χ2n) is 4.40. The zero-order chi connectivity index (χ0) is 13.1. The molecule has 0 aliphatic rings. The molecule has 94 valence electrons. The summed E-state index contributed by atoms with van der Waals surface area (Å²) in [5.74, 6) is 0.483. The van der Waals surface area contributed by atoms with E-state index in [1.165, 1.54) is 17.3 Å². The van der Waals surface area contributed by atoms with Crippen LogP contribution in [-0.2, 0) is 16.6 Å². The van der Waals surface area contributed by atoms with Gasteiger partial charge in [0.25, 0.3) is 0 Å². The summed E-state index contributed by atoms with van der Waals surface area (Å²) in [4.78, 5) is 4.56. The molecule has 0 aliphatic heterocycles. The van der Waals surface area contributed by atoms with E-state index in [0.29, 0.717) is 16.3 Å². The highest BCUT2D eigenvalue weighted by Crippen LogP contribution is 2.19. The molecular formula is C14H16N2OS. The normalized spacial score (nSPS) is 12.3. The Labute approximate surface area is 110 Å². The largest absolute Gasteiger partial charge is 0.396 e. The summed E-state index contributed by atoms with van der Waals surface area (Å²) in [6.07, 6.45) is 3.15. The summed E-state index contributed by atoms with van der Waals surface area (Å²) in [7, 11) is -1.13. The van der Waals surface area contributed by atoms with Crippen molar-refractivity contribution in [3.63, 3.8) is 0 Å². The summed E-state index contributed by atoms with van der Waals surface area (Å²) in [5, 5.41) is 0. The van der Waals surface area contributed by atoms with Gasteiger partial charge in [-0.1, -0.05) is 29.3 Å². The molecule has 0 fully saturated rings.